The van der Waals surface area contributed by atoms with E-state index in [1.54, 1.807) is 12.1 Å². The second-order valence-corrected chi connectivity index (χ2v) is 7.67. The Balaban J connectivity index is 1.51. The Hall–Kier alpha value is -2.18. The average molecular weight is 375 g/mol. The van der Waals surface area contributed by atoms with Crippen molar-refractivity contribution in [3.05, 3.63) is 46.8 Å². The van der Waals surface area contributed by atoms with Gasteiger partial charge < -0.3 is 10.4 Å². The van der Waals surface area contributed by atoms with Crippen molar-refractivity contribution in [2.24, 2.45) is 23.7 Å². The van der Waals surface area contributed by atoms with Gasteiger partial charge in [0.25, 0.3) is 0 Å². The lowest BCUT2D eigenvalue weighted by Gasteiger charge is -2.23. The minimum atomic E-state index is -0.905. The number of benzene rings is 1. The first-order valence-electron chi connectivity index (χ1n) is 7.96. The molecule has 25 heavy (non-hydrogen) atoms. The van der Waals surface area contributed by atoms with E-state index in [2.05, 4.69) is 10.3 Å². The van der Waals surface area contributed by atoms with Gasteiger partial charge in [0.05, 0.1) is 17.5 Å². The average Bonchev–Trinajstić information content (AvgIpc) is 3.30. The van der Waals surface area contributed by atoms with E-state index in [0.717, 1.165) is 17.7 Å². The number of carbonyl (C=O) groups excluding carboxylic acids is 1. The molecule has 0 spiro atoms. The number of hydrogen-bond donors (Lipinski definition) is 2. The number of fused-ring (bicyclic) bond motifs is 2. The molecule has 1 aromatic heterocycles. The summed E-state index contributed by atoms with van der Waals surface area (Å²) in [6, 6.07) is 7.30. The first-order chi connectivity index (χ1) is 12.0. The minimum absolute atomic E-state index is 0.00166. The smallest absolute Gasteiger partial charge is 0.307 e. The van der Waals surface area contributed by atoms with Crippen LogP contribution in [0, 0.1) is 23.7 Å². The fraction of sp³-hybridized carbons (Fsp3) is 0.278. The summed E-state index contributed by atoms with van der Waals surface area (Å²) in [4.78, 5) is 28.6. The van der Waals surface area contributed by atoms with E-state index in [9.17, 15) is 14.7 Å². The molecule has 7 heteroatoms. The van der Waals surface area contributed by atoms with Crippen LogP contribution in [0.2, 0.25) is 5.02 Å². The highest BCUT2D eigenvalue weighted by molar-refractivity contribution is 7.14. The number of carboxylic acid groups (broad SMARTS) is 1. The summed E-state index contributed by atoms with van der Waals surface area (Å²) in [5.41, 5.74) is 1.66. The second kappa shape index (κ2) is 6.28. The lowest BCUT2D eigenvalue weighted by Crippen LogP contribution is -2.36. The van der Waals surface area contributed by atoms with Crippen molar-refractivity contribution in [3.8, 4) is 11.3 Å². The van der Waals surface area contributed by atoms with Crippen molar-refractivity contribution in [2.45, 2.75) is 6.42 Å². The number of nitrogens with one attached hydrogen (secondary N) is 1. The molecule has 1 aromatic carbocycles. The van der Waals surface area contributed by atoms with Gasteiger partial charge in [-0.05, 0) is 30.4 Å². The maximum Gasteiger partial charge on any atom is 0.307 e. The predicted molar refractivity (Wildman–Crippen MR) is 96.5 cm³/mol. The molecule has 4 rings (SSSR count). The number of carbonyl (C=O) groups is 2. The van der Waals surface area contributed by atoms with Crippen molar-refractivity contribution in [1.29, 1.82) is 0 Å². The summed E-state index contributed by atoms with van der Waals surface area (Å²) < 4.78 is 0. The fourth-order valence-corrected chi connectivity index (χ4v) is 4.64. The molecule has 128 valence electrons. The number of thiazole rings is 1. The Morgan fingerprint density at radius 2 is 1.84 bits per heavy atom. The zero-order valence-corrected chi connectivity index (χ0v) is 14.6. The number of halogens is 1. The molecule has 1 saturated carbocycles. The Morgan fingerprint density at radius 1 is 1.16 bits per heavy atom. The third-order valence-corrected chi connectivity index (χ3v) is 5.93. The first kappa shape index (κ1) is 16.3. The molecule has 0 saturated heterocycles. The van der Waals surface area contributed by atoms with Crippen LogP contribution < -0.4 is 5.32 Å². The van der Waals surface area contributed by atoms with Crippen LogP contribution in [0.15, 0.2) is 41.8 Å². The van der Waals surface area contributed by atoms with Crippen molar-refractivity contribution in [2.75, 3.05) is 5.32 Å². The molecular formula is C18H15ClN2O3S. The Labute approximate surface area is 153 Å². The van der Waals surface area contributed by atoms with E-state index in [0.29, 0.717) is 10.2 Å². The second-order valence-electron chi connectivity index (χ2n) is 6.37. The molecular weight excluding hydrogens is 360 g/mol. The zero-order valence-electron chi connectivity index (χ0n) is 13.1. The Kier molecular flexibility index (Phi) is 4.09. The third-order valence-electron chi connectivity index (χ3n) is 4.92. The van der Waals surface area contributed by atoms with E-state index < -0.39 is 17.8 Å². The number of carboxylic acids is 1. The number of hydrogen-bond acceptors (Lipinski definition) is 4. The Bertz CT molecular complexity index is 861. The van der Waals surface area contributed by atoms with Crippen LogP contribution in [0.1, 0.15) is 6.42 Å². The molecule has 1 amide bonds. The number of rotatable bonds is 4. The van der Waals surface area contributed by atoms with E-state index in [1.807, 2.05) is 29.7 Å². The third kappa shape index (κ3) is 2.96. The molecule has 0 aliphatic heterocycles. The monoisotopic (exact) mass is 374 g/mol. The van der Waals surface area contributed by atoms with Crippen LogP contribution in [0.3, 0.4) is 0 Å². The minimum Gasteiger partial charge on any atom is -0.481 e. The van der Waals surface area contributed by atoms with Gasteiger partial charge >= 0.3 is 5.97 Å². The molecule has 2 aliphatic carbocycles. The summed E-state index contributed by atoms with van der Waals surface area (Å²) in [5, 5.41) is 15.2. The zero-order chi connectivity index (χ0) is 17.6. The number of anilines is 1. The number of nitrogens with zero attached hydrogens (tertiary/aromatic N) is 1. The summed E-state index contributed by atoms with van der Waals surface area (Å²) >= 11 is 7.21. The largest absolute Gasteiger partial charge is 0.481 e. The normalized spacial score (nSPS) is 26.8. The van der Waals surface area contributed by atoms with Gasteiger partial charge in [-0.1, -0.05) is 35.9 Å². The van der Waals surface area contributed by atoms with Crippen molar-refractivity contribution in [3.63, 3.8) is 0 Å². The topological polar surface area (TPSA) is 79.3 Å². The van der Waals surface area contributed by atoms with Gasteiger partial charge in [0, 0.05) is 16.0 Å². The number of aliphatic carboxylic acids is 1. The lowest BCUT2D eigenvalue weighted by molar-refractivity contribution is -0.146. The van der Waals surface area contributed by atoms with Crippen molar-refractivity contribution < 1.29 is 14.7 Å². The molecule has 0 unspecified atom stereocenters. The molecule has 1 heterocycles. The van der Waals surface area contributed by atoms with Gasteiger partial charge in [0.15, 0.2) is 5.13 Å². The molecule has 1 fully saturated rings. The quantitative estimate of drug-likeness (QED) is 0.795. The summed E-state index contributed by atoms with van der Waals surface area (Å²) in [7, 11) is 0. The first-order valence-corrected chi connectivity index (χ1v) is 9.22. The maximum absolute atomic E-state index is 12.7. The van der Waals surface area contributed by atoms with Gasteiger partial charge in [-0.25, -0.2) is 4.98 Å². The number of aromatic nitrogens is 1. The van der Waals surface area contributed by atoms with Crippen LogP contribution >= 0.6 is 22.9 Å². The van der Waals surface area contributed by atoms with Gasteiger partial charge in [-0.15, -0.1) is 11.3 Å². The van der Waals surface area contributed by atoms with E-state index in [1.165, 1.54) is 11.3 Å². The van der Waals surface area contributed by atoms with E-state index in [4.69, 9.17) is 11.6 Å². The van der Waals surface area contributed by atoms with Gasteiger partial charge in [0.1, 0.15) is 0 Å². The standard InChI is InChI=1S/C18H15ClN2O3S/c19-12-5-3-9(4-6-12)13-8-25-18(20-13)21-16(22)14-10-1-2-11(7-10)15(14)17(23)24/h1-6,8,10-11,14-15H,7H2,(H,23,24)(H,20,21,22)/t10-,11-,14+,15+/m0/s1. The lowest BCUT2D eigenvalue weighted by atomic mass is 9.82. The van der Waals surface area contributed by atoms with Gasteiger partial charge in [-0.2, -0.15) is 0 Å². The Morgan fingerprint density at radius 3 is 2.52 bits per heavy atom. The van der Waals surface area contributed by atoms with Crippen LogP contribution in [0.5, 0.6) is 0 Å². The van der Waals surface area contributed by atoms with Gasteiger partial charge in [0.2, 0.25) is 5.91 Å². The molecule has 0 radical (unpaired) electrons. The SMILES string of the molecule is O=C(O)[C@H]1[C@H](C(=O)Nc2nc(-c3ccc(Cl)cc3)cs2)[C@H]2C=C[C@H]1C2. The maximum atomic E-state index is 12.7. The predicted octanol–water partition coefficient (Wildman–Crippen LogP) is 3.92. The van der Waals surface area contributed by atoms with Crippen LogP contribution in [-0.2, 0) is 9.59 Å². The highest BCUT2D eigenvalue weighted by Gasteiger charge is 2.51. The summed E-state index contributed by atoms with van der Waals surface area (Å²) in [6.45, 7) is 0. The van der Waals surface area contributed by atoms with Crippen molar-refractivity contribution >= 4 is 39.9 Å². The molecule has 2 aromatic rings. The van der Waals surface area contributed by atoms with Crippen LogP contribution in [0.4, 0.5) is 5.13 Å². The van der Waals surface area contributed by atoms with E-state index in [-0.39, 0.29) is 17.7 Å². The number of amides is 1. The van der Waals surface area contributed by atoms with Crippen LogP contribution in [-0.4, -0.2) is 22.0 Å². The highest BCUT2D eigenvalue weighted by Crippen LogP contribution is 2.48. The van der Waals surface area contributed by atoms with E-state index >= 15 is 0 Å². The summed E-state index contributed by atoms with van der Waals surface area (Å²) in [5.74, 6) is -2.39. The molecule has 2 N–H and O–H groups in total. The van der Waals surface area contributed by atoms with Gasteiger partial charge in [-0.3, -0.25) is 9.59 Å². The summed E-state index contributed by atoms with van der Waals surface area (Å²) in [6.07, 6.45) is 4.63. The molecule has 4 atom stereocenters. The molecule has 2 aliphatic rings. The molecule has 2 bridgehead atoms. The van der Waals surface area contributed by atoms with Crippen LogP contribution in [0.25, 0.3) is 11.3 Å². The number of allylic oxidation sites excluding steroid dienone is 2. The highest BCUT2D eigenvalue weighted by atomic mass is 35.5. The molecule has 5 nitrogen and oxygen atoms in total. The van der Waals surface area contributed by atoms with Crippen molar-refractivity contribution in [1.82, 2.24) is 4.98 Å². The fourth-order valence-electron chi connectivity index (χ4n) is 3.79.